The van der Waals surface area contributed by atoms with Gasteiger partial charge in [0.25, 0.3) is 5.69 Å². The smallest absolute Gasteiger partial charge is 0.272 e. The second kappa shape index (κ2) is 5.57. The first-order chi connectivity index (χ1) is 9.04. The van der Waals surface area contributed by atoms with Gasteiger partial charge in [-0.25, -0.2) is 4.39 Å². The molecule has 0 radical (unpaired) electrons. The van der Waals surface area contributed by atoms with Crippen molar-refractivity contribution >= 4 is 5.69 Å². The number of nitro benzene ring substituents is 1. The van der Waals surface area contributed by atoms with Gasteiger partial charge in [-0.15, -0.1) is 0 Å². The second-order valence-electron chi connectivity index (χ2n) is 4.11. The minimum Gasteiger partial charge on any atom is -0.360 e. The van der Waals surface area contributed by atoms with E-state index in [4.69, 9.17) is 4.52 Å². The molecule has 1 aromatic heterocycles. The third-order valence-corrected chi connectivity index (χ3v) is 2.46. The summed E-state index contributed by atoms with van der Waals surface area (Å²) in [6.45, 7) is 2.53. The van der Waals surface area contributed by atoms with Crippen LogP contribution in [0.3, 0.4) is 0 Å². The Morgan fingerprint density at radius 2 is 2.16 bits per heavy atom. The van der Waals surface area contributed by atoms with E-state index in [0.717, 1.165) is 11.8 Å². The molecule has 0 bridgehead atoms. The first kappa shape index (κ1) is 13.2. The minimum absolute atomic E-state index is 0.257. The van der Waals surface area contributed by atoms with Crippen molar-refractivity contribution in [1.29, 1.82) is 0 Å². The molecule has 0 amide bonds. The maximum absolute atomic E-state index is 13.2. The van der Waals surface area contributed by atoms with Crippen LogP contribution in [0.15, 0.2) is 28.8 Å². The number of rotatable bonds is 5. The third kappa shape index (κ3) is 3.59. The highest BCUT2D eigenvalue weighted by Gasteiger charge is 2.09. The Balaban J connectivity index is 1.97. The lowest BCUT2D eigenvalue weighted by molar-refractivity contribution is -0.385. The van der Waals surface area contributed by atoms with Crippen molar-refractivity contribution in [3.8, 4) is 0 Å². The van der Waals surface area contributed by atoms with Crippen molar-refractivity contribution in [1.82, 2.24) is 10.5 Å². The molecule has 0 saturated heterocycles. The van der Waals surface area contributed by atoms with Gasteiger partial charge in [-0.2, -0.15) is 0 Å². The molecular formula is C12H12FN3O3. The van der Waals surface area contributed by atoms with Gasteiger partial charge in [0.05, 0.1) is 23.2 Å². The number of non-ortho nitro benzene ring substituents is 1. The molecule has 0 fully saturated rings. The Kier molecular flexibility index (Phi) is 3.86. The van der Waals surface area contributed by atoms with E-state index in [1.807, 2.05) is 6.92 Å². The van der Waals surface area contributed by atoms with Crippen LogP contribution in [-0.2, 0) is 13.1 Å². The largest absolute Gasteiger partial charge is 0.360 e. The number of nitrogens with one attached hydrogen (secondary N) is 1. The molecule has 0 unspecified atom stereocenters. The van der Waals surface area contributed by atoms with Gasteiger partial charge in [0.2, 0.25) is 0 Å². The van der Waals surface area contributed by atoms with Gasteiger partial charge in [0, 0.05) is 18.7 Å². The summed E-state index contributed by atoms with van der Waals surface area (Å²) in [5.74, 6) is 0.0323. The zero-order valence-electron chi connectivity index (χ0n) is 10.2. The molecule has 19 heavy (non-hydrogen) atoms. The van der Waals surface area contributed by atoms with Gasteiger partial charge in [-0.3, -0.25) is 10.1 Å². The quantitative estimate of drug-likeness (QED) is 0.662. The van der Waals surface area contributed by atoms with Crippen LogP contribution in [0.1, 0.15) is 17.0 Å². The van der Waals surface area contributed by atoms with Crippen LogP contribution in [0.4, 0.5) is 10.1 Å². The average Bonchev–Trinajstić information content (AvgIpc) is 2.74. The summed E-state index contributed by atoms with van der Waals surface area (Å²) in [7, 11) is 0. The fraction of sp³-hybridized carbons (Fsp3) is 0.250. The Morgan fingerprint density at radius 3 is 2.79 bits per heavy atom. The topological polar surface area (TPSA) is 81.2 Å². The van der Waals surface area contributed by atoms with Crippen molar-refractivity contribution in [3.05, 3.63) is 57.2 Å². The van der Waals surface area contributed by atoms with E-state index in [2.05, 4.69) is 10.5 Å². The van der Waals surface area contributed by atoms with Crippen LogP contribution in [0.5, 0.6) is 0 Å². The van der Waals surface area contributed by atoms with Gasteiger partial charge in [0.15, 0.2) is 5.76 Å². The molecule has 1 aromatic carbocycles. The summed E-state index contributed by atoms with van der Waals surface area (Å²) in [5, 5.41) is 17.3. The fourth-order valence-corrected chi connectivity index (χ4v) is 1.67. The number of aromatic nitrogens is 1. The Morgan fingerprint density at radius 1 is 1.37 bits per heavy atom. The first-order valence-electron chi connectivity index (χ1n) is 5.61. The molecule has 0 aliphatic carbocycles. The predicted octanol–water partition coefficient (Wildman–Crippen LogP) is 2.32. The maximum Gasteiger partial charge on any atom is 0.272 e. The van der Waals surface area contributed by atoms with Crippen molar-refractivity contribution in [2.45, 2.75) is 20.0 Å². The zero-order chi connectivity index (χ0) is 13.8. The standard InChI is InChI=1S/C12H12FN3O3/c1-8-2-12(19-15-8)7-14-6-9-3-10(13)5-11(4-9)16(17)18/h2-5,14H,6-7H2,1H3. The molecule has 0 aliphatic rings. The Labute approximate surface area is 108 Å². The molecule has 1 heterocycles. The summed E-state index contributed by atoms with van der Waals surface area (Å²) in [6, 6.07) is 5.26. The normalized spacial score (nSPS) is 10.6. The Bertz CT molecular complexity index is 598. The van der Waals surface area contributed by atoms with Crippen LogP contribution in [-0.4, -0.2) is 10.1 Å². The van der Waals surface area contributed by atoms with E-state index in [-0.39, 0.29) is 5.69 Å². The zero-order valence-corrected chi connectivity index (χ0v) is 10.2. The van der Waals surface area contributed by atoms with E-state index in [1.54, 1.807) is 6.07 Å². The molecular weight excluding hydrogens is 253 g/mol. The van der Waals surface area contributed by atoms with Crippen molar-refractivity contribution in [2.75, 3.05) is 0 Å². The molecule has 100 valence electrons. The number of halogens is 1. The van der Waals surface area contributed by atoms with Gasteiger partial charge in [-0.05, 0) is 18.6 Å². The molecule has 6 nitrogen and oxygen atoms in total. The lowest BCUT2D eigenvalue weighted by Crippen LogP contribution is -2.12. The van der Waals surface area contributed by atoms with Crippen LogP contribution >= 0.6 is 0 Å². The van der Waals surface area contributed by atoms with Crippen LogP contribution < -0.4 is 5.32 Å². The second-order valence-corrected chi connectivity index (χ2v) is 4.11. The van der Waals surface area contributed by atoms with E-state index in [0.29, 0.717) is 24.4 Å². The molecule has 0 aliphatic heterocycles. The SMILES string of the molecule is Cc1cc(CNCc2cc(F)cc([N+](=O)[O-])c2)on1. The van der Waals surface area contributed by atoms with E-state index in [1.165, 1.54) is 12.1 Å². The summed E-state index contributed by atoms with van der Waals surface area (Å²) >= 11 is 0. The van der Waals surface area contributed by atoms with E-state index < -0.39 is 10.7 Å². The van der Waals surface area contributed by atoms with Crippen LogP contribution in [0, 0.1) is 22.9 Å². The van der Waals surface area contributed by atoms with Gasteiger partial charge < -0.3 is 9.84 Å². The fourth-order valence-electron chi connectivity index (χ4n) is 1.67. The molecule has 1 N–H and O–H groups in total. The van der Waals surface area contributed by atoms with Crippen LogP contribution in [0.2, 0.25) is 0 Å². The monoisotopic (exact) mass is 265 g/mol. The number of nitro groups is 1. The van der Waals surface area contributed by atoms with E-state index >= 15 is 0 Å². The molecule has 7 heteroatoms. The number of hydrogen-bond acceptors (Lipinski definition) is 5. The van der Waals surface area contributed by atoms with Crippen molar-refractivity contribution < 1.29 is 13.8 Å². The highest BCUT2D eigenvalue weighted by Crippen LogP contribution is 2.16. The molecule has 0 saturated carbocycles. The number of benzene rings is 1. The summed E-state index contributed by atoms with van der Waals surface area (Å²) in [5.41, 5.74) is 1.02. The van der Waals surface area contributed by atoms with Crippen molar-refractivity contribution in [3.63, 3.8) is 0 Å². The lowest BCUT2D eigenvalue weighted by Gasteiger charge is -2.03. The molecule has 0 spiro atoms. The van der Waals surface area contributed by atoms with E-state index in [9.17, 15) is 14.5 Å². The van der Waals surface area contributed by atoms with Crippen molar-refractivity contribution in [2.24, 2.45) is 0 Å². The first-order valence-corrected chi connectivity index (χ1v) is 5.61. The minimum atomic E-state index is -0.624. The summed E-state index contributed by atoms with van der Waals surface area (Å²) in [6.07, 6.45) is 0. The average molecular weight is 265 g/mol. The molecule has 2 aromatic rings. The van der Waals surface area contributed by atoms with Gasteiger partial charge in [0.1, 0.15) is 5.82 Å². The highest BCUT2D eigenvalue weighted by atomic mass is 19.1. The number of nitrogens with zero attached hydrogens (tertiary/aromatic N) is 2. The summed E-state index contributed by atoms with van der Waals surface area (Å²) in [4.78, 5) is 9.98. The lowest BCUT2D eigenvalue weighted by atomic mass is 10.2. The maximum atomic E-state index is 13.2. The highest BCUT2D eigenvalue weighted by molar-refractivity contribution is 5.35. The van der Waals surface area contributed by atoms with Gasteiger partial charge in [-0.1, -0.05) is 5.16 Å². The Hall–Kier alpha value is -2.28. The predicted molar refractivity (Wildman–Crippen MR) is 64.8 cm³/mol. The number of aryl methyl sites for hydroxylation is 1. The van der Waals surface area contributed by atoms with Crippen LogP contribution in [0.25, 0.3) is 0 Å². The third-order valence-electron chi connectivity index (χ3n) is 2.46. The van der Waals surface area contributed by atoms with Gasteiger partial charge >= 0.3 is 0 Å². The molecule has 2 rings (SSSR count). The molecule has 0 atom stereocenters. The summed E-state index contributed by atoms with van der Waals surface area (Å²) < 4.78 is 18.2. The number of hydrogen-bond donors (Lipinski definition) is 1.